The van der Waals surface area contributed by atoms with Crippen LogP contribution < -0.4 is 0 Å². The highest BCUT2D eigenvalue weighted by Crippen LogP contribution is 2.14. The van der Waals surface area contributed by atoms with Crippen LogP contribution in [-0.2, 0) is 9.78 Å². The summed E-state index contributed by atoms with van der Waals surface area (Å²) in [6, 6.07) is 0. The lowest BCUT2D eigenvalue weighted by atomic mass is 10.1. The van der Waals surface area contributed by atoms with Crippen molar-refractivity contribution in [1.82, 2.24) is 0 Å². The summed E-state index contributed by atoms with van der Waals surface area (Å²) in [5, 5.41) is 0. The quantitative estimate of drug-likeness (QED) is 0.451. The Labute approximate surface area is 69.1 Å². The standard InChI is InChI=1S/C9H17O2/c1-6-9(4,5)11-10-7-8(2)3/h7H,2,6H2,1,3-5H3. The maximum atomic E-state index is 5.07. The van der Waals surface area contributed by atoms with E-state index in [9.17, 15) is 0 Å². The molecule has 0 saturated heterocycles. The summed E-state index contributed by atoms with van der Waals surface area (Å²) in [4.78, 5) is 9.90. The second-order valence-electron chi connectivity index (χ2n) is 3.26. The van der Waals surface area contributed by atoms with Crippen molar-refractivity contribution in [2.75, 3.05) is 0 Å². The van der Waals surface area contributed by atoms with Crippen molar-refractivity contribution in [3.63, 3.8) is 0 Å². The van der Waals surface area contributed by atoms with Gasteiger partial charge < -0.3 is 0 Å². The summed E-state index contributed by atoms with van der Waals surface area (Å²) >= 11 is 0. The van der Waals surface area contributed by atoms with E-state index in [1.807, 2.05) is 27.7 Å². The second-order valence-corrected chi connectivity index (χ2v) is 3.26. The molecule has 0 aliphatic carbocycles. The second kappa shape index (κ2) is 4.52. The summed E-state index contributed by atoms with van der Waals surface area (Å²) in [6.45, 7) is 13.0. The van der Waals surface area contributed by atoms with Crippen LogP contribution >= 0.6 is 0 Å². The first-order chi connectivity index (χ1) is 4.98. The molecule has 0 rings (SSSR count). The van der Waals surface area contributed by atoms with Gasteiger partial charge in [0.2, 0.25) is 0 Å². The smallest absolute Gasteiger partial charge is 0.147 e. The molecule has 0 fully saturated rings. The molecule has 1 radical (unpaired) electrons. The predicted octanol–water partition coefficient (Wildman–Crippen LogP) is 2.86. The Bertz CT molecular complexity index is 128. The van der Waals surface area contributed by atoms with Gasteiger partial charge in [0, 0.05) is 0 Å². The highest BCUT2D eigenvalue weighted by molar-refractivity contribution is 4.96. The van der Waals surface area contributed by atoms with E-state index in [-0.39, 0.29) is 5.60 Å². The van der Waals surface area contributed by atoms with Crippen LogP contribution in [0.15, 0.2) is 12.2 Å². The first-order valence-electron chi connectivity index (χ1n) is 3.81. The molecular weight excluding hydrogens is 140 g/mol. The lowest BCUT2D eigenvalue weighted by Gasteiger charge is -2.20. The van der Waals surface area contributed by atoms with Gasteiger partial charge in [-0.3, -0.25) is 0 Å². The molecule has 0 aromatic rings. The summed E-state index contributed by atoms with van der Waals surface area (Å²) in [5.74, 6) is 0. The van der Waals surface area contributed by atoms with Crippen molar-refractivity contribution in [3.05, 3.63) is 18.8 Å². The van der Waals surface area contributed by atoms with E-state index in [2.05, 4.69) is 6.58 Å². The zero-order chi connectivity index (χ0) is 8.91. The molecule has 0 saturated carbocycles. The molecule has 0 aromatic carbocycles. The molecule has 0 spiro atoms. The fourth-order valence-electron chi connectivity index (χ4n) is 0.295. The van der Waals surface area contributed by atoms with E-state index in [0.717, 1.165) is 12.0 Å². The normalized spacial score (nSPS) is 11.6. The summed E-state index contributed by atoms with van der Waals surface area (Å²) < 4.78 is 0. The molecule has 65 valence electrons. The third-order valence-electron chi connectivity index (χ3n) is 1.37. The van der Waals surface area contributed by atoms with E-state index in [4.69, 9.17) is 9.78 Å². The fourth-order valence-corrected chi connectivity index (χ4v) is 0.295. The molecule has 0 atom stereocenters. The summed E-state index contributed by atoms with van der Waals surface area (Å²) in [7, 11) is 0. The molecule has 0 aliphatic rings. The van der Waals surface area contributed by atoms with Crippen LogP contribution in [0.1, 0.15) is 34.1 Å². The Morgan fingerprint density at radius 2 is 2.09 bits per heavy atom. The molecule has 2 nitrogen and oxygen atoms in total. The Balaban J connectivity index is 3.45. The van der Waals surface area contributed by atoms with Crippen molar-refractivity contribution in [1.29, 1.82) is 0 Å². The van der Waals surface area contributed by atoms with E-state index in [1.54, 1.807) is 0 Å². The Morgan fingerprint density at radius 1 is 1.55 bits per heavy atom. The fraction of sp³-hybridized carbons (Fsp3) is 0.667. The Hall–Kier alpha value is -0.340. The molecule has 0 amide bonds. The van der Waals surface area contributed by atoms with Crippen LogP contribution in [0.4, 0.5) is 0 Å². The van der Waals surface area contributed by atoms with Gasteiger partial charge in [0.15, 0.2) is 0 Å². The van der Waals surface area contributed by atoms with Gasteiger partial charge in [0.05, 0.1) is 5.60 Å². The topological polar surface area (TPSA) is 18.5 Å². The molecule has 0 unspecified atom stereocenters. The van der Waals surface area contributed by atoms with Crippen molar-refractivity contribution in [2.24, 2.45) is 0 Å². The SMILES string of the molecule is C=C(C)[CH]OOC(C)(C)CC. The van der Waals surface area contributed by atoms with Crippen molar-refractivity contribution >= 4 is 0 Å². The predicted molar refractivity (Wildman–Crippen MR) is 45.7 cm³/mol. The van der Waals surface area contributed by atoms with Crippen LogP contribution in [0, 0.1) is 6.61 Å². The lowest BCUT2D eigenvalue weighted by molar-refractivity contribution is -0.329. The molecule has 0 aliphatic heterocycles. The van der Waals surface area contributed by atoms with Gasteiger partial charge in [-0.15, -0.1) is 0 Å². The van der Waals surface area contributed by atoms with E-state index < -0.39 is 0 Å². The van der Waals surface area contributed by atoms with Gasteiger partial charge in [0.25, 0.3) is 0 Å². The summed E-state index contributed by atoms with van der Waals surface area (Å²) in [5.41, 5.74) is 0.628. The maximum Gasteiger partial charge on any atom is 0.147 e. The number of hydrogen-bond donors (Lipinski definition) is 0. The molecule has 0 N–H and O–H groups in total. The third-order valence-corrected chi connectivity index (χ3v) is 1.37. The zero-order valence-corrected chi connectivity index (χ0v) is 7.81. The van der Waals surface area contributed by atoms with Gasteiger partial charge in [-0.1, -0.05) is 13.5 Å². The largest absolute Gasteiger partial charge is 0.230 e. The molecule has 2 heteroatoms. The van der Waals surface area contributed by atoms with E-state index >= 15 is 0 Å². The molecule has 11 heavy (non-hydrogen) atoms. The maximum absolute atomic E-state index is 5.07. The van der Waals surface area contributed by atoms with Crippen LogP contribution in [0.25, 0.3) is 0 Å². The van der Waals surface area contributed by atoms with Gasteiger partial charge in [-0.2, -0.15) is 0 Å². The minimum Gasteiger partial charge on any atom is -0.230 e. The highest BCUT2D eigenvalue weighted by Gasteiger charge is 2.16. The first-order valence-corrected chi connectivity index (χ1v) is 3.81. The summed E-state index contributed by atoms with van der Waals surface area (Å²) in [6.07, 6.45) is 0.914. The minimum absolute atomic E-state index is 0.216. The third kappa shape index (κ3) is 6.07. The van der Waals surface area contributed by atoms with Gasteiger partial charge >= 0.3 is 0 Å². The van der Waals surface area contributed by atoms with Gasteiger partial charge in [-0.25, -0.2) is 9.78 Å². The molecule has 0 aromatic heterocycles. The molecule has 0 bridgehead atoms. The van der Waals surface area contributed by atoms with E-state index in [1.165, 1.54) is 6.61 Å². The molecular formula is C9H17O2. The van der Waals surface area contributed by atoms with Crippen LogP contribution in [0.2, 0.25) is 0 Å². The lowest BCUT2D eigenvalue weighted by Crippen LogP contribution is -2.22. The van der Waals surface area contributed by atoms with Crippen molar-refractivity contribution in [3.8, 4) is 0 Å². The van der Waals surface area contributed by atoms with E-state index in [0.29, 0.717) is 0 Å². The average molecular weight is 157 g/mol. The molecule has 0 heterocycles. The number of rotatable bonds is 5. The minimum atomic E-state index is -0.216. The van der Waals surface area contributed by atoms with Crippen molar-refractivity contribution in [2.45, 2.75) is 39.7 Å². The monoisotopic (exact) mass is 157 g/mol. The average Bonchev–Trinajstić information content (AvgIpc) is 1.87. The number of hydrogen-bond acceptors (Lipinski definition) is 2. The van der Waals surface area contributed by atoms with Crippen LogP contribution in [0.5, 0.6) is 0 Å². The van der Waals surface area contributed by atoms with Crippen LogP contribution in [-0.4, -0.2) is 5.60 Å². The van der Waals surface area contributed by atoms with Gasteiger partial charge in [0.1, 0.15) is 6.61 Å². The first kappa shape index (κ1) is 10.7. The van der Waals surface area contributed by atoms with Crippen molar-refractivity contribution < 1.29 is 9.78 Å². The van der Waals surface area contributed by atoms with Gasteiger partial charge in [-0.05, 0) is 32.8 Å². The highest BCUT2D eigenvalue weighted by atomic mass is 17.2. The zero-order valence-electron chi connectivity index (χ0n) is 7.81. The Morgan fingerprint density at radius 3 is 2.45 bits per heavy atom. The van der Waals surface area contributed by atoms with Crippen LogP contribution in [0.3, 0.4) is 0 Å². The Kier molecular flexibility index (Phi) is 4.38.